The van der Waals surface area contributed by atoms with Crippen LogP contribution in [0.1, 0.15) is 36.7 Å². The fourth-order valence-electron chi connectivity index (χ4n) is 1.37. The van der Waals surface area contributed by atoms with Crippen LogP contribution >= 0.6 is 0 Å². The topological polar surface area (TPSA) is 70.0 Å². The third kappa shape index (κ3) is 4.05. The van der Waals surface area contributed by atoms with Gasteiger partial charge in [-0.2, -0.15) is 18.4 Å². The van der Waals surface area contributed by atoms with Crippen molar-refractivity contribution < 1.29 is 22.8 Å². The molecule has 1 aromatic carbocycles. The first-order chi connectivity index (χ1) is 9.46. The molecule has 21 heavy (non-hydrogen) atoms. The summed E-state index contributed by atoms with van der Waals surface area (Å²) >= 11 is 0. The van der Waals surface area contributed by atoms with Crippen molar-refractivity contribution in [1.29, 1.82) is 5.26 Å². The monoisotopic (exact) mass is 298 g/mol. The van der Waals surface area contributed by atoms with Crippen LogP contribution in [0, 0.1) is 16.7 Å². The van der Waals surface area contributed by atoms with Crippen LogP contribution in [0.4, 0.5) is 18.9 Å². The Bertz CT molecular complexity index is 623. The quantitative estimate of drug-likeness (QED) is 0.852. The van der Waals surface area contributed by atoms with E-state index in [1.807, 2.05) is 0 Å². The van der Waals surface area contributed by atoms with Gasteiger partial charge in [0, 0.05) is 5.41 Å². The van der Waals surface area contributed by atoms with Gasteiger partial charge >= 0.3 is 6.18 Å². The molecule has 7 heteroatoms. The maximum absolute atomic E-state index is 12.6. The fraction of sp³-hybridized carbons (Fsp3) is 0.357. The number of amides is 1. The van der Waals surface area contributed by atoms with E-state index in [1.54, 1.807) is 26.8 Å². The van der Waals surface area contributed by atoms with Gasteiger partial charge in [-0.3, -0.25) is 9.59 Å². The SMILES string of the molecule is CC(C)(C)C(=O)Nc1ccc(C#N)cc1C(=O)C(F)(F)F. The van der Waals surface area contributed by atoms with Crippen LogP contribution in [0.25, 0.3) is 0 Å². The van der Waals surface area contributed by atoms with Gasteiger partial charge in [0.2, 0.25) is 5.91 Å². The first-order valence-electron chi connectivity index (χ1n) is 5.94. The second-order valence-electron chi connectivity index (χ2n) is 5.40. The number of nitrogens with one attached hydrogen (secondary N) is 1. The lowest BCUT2D eigenvalue weighted by atomic mass is 9.95. The van der Waals surface area contributed by atoms with Gasteiger partial charge in [-0.05, 0) is 18.2 Å². The number of hydrogen-bond donors (Lipinski definition) is 1. The Morgan fingerprint density at radius 2 is 1.76 bits per heavy atom. The Morgan fingerprint density at radius 1 is 1.19 bits per heavy atom. The van der Waals surface area contributed by atoms with Crippen molar-refractivity contribution in [1.82, 2.24) is 0 Å². The molecule has 1 rings (SSSR count). The maximum Gasteiger partial charge on any atom is 0.454 e. The molecule has 1 amide bonds. The van der Waals surface area contributed by atoms with Crippen LogP contribution in [0.15, 0.2) is 18.2 Å². The van der Waals surface area contributed by atoms with Crippen LogP contribution in [0.3, 0.4) is 0 Å². The predicted octanol–water partition coefficient (Wildman–Crippen LogP) is 3.29. The van der Waals surface area contributed by atoms with E-state index in [2.05, 4.69) is 5.32 Å². The minimum atomic E-state index is -5.09. The third-order valence-electron chi connectivity index (χ3n) is 2.58. The van der Waals surface area contributed by atoms with Crippen molar-refractivity contribution in [2.45, 2.75) is 26.9 Å². The number of nitriles is 1. The van der Waals surface area contributed by atoms with E-state index in [-0.39, 0.29) is 11.3 Å². The molecule has 0 spiro atoms. The molecule has 0 heterocycles. The molecule has 112 valence electrons. The van der Waals surface area contributed by atoms with Gasteiger partial charge in [-0.15, -0.1) is 0 Å². The number of rotatable bonds is 2. The minimum absolute atomic E-state index is 0.101. The zero-order valence-electron chi connectivity index (χ0n) is 11.6. The second-order valence-corrected chi connectivity index (χ2v) is 5.40. The number of carbonyl (C=O) groups excluding carboxylic acids is 2. The van der Waals surface area contributed by atoms with Crippen LogP contribution in [-0.2, 0) is 4.79 Å². The average Bonchev–Trinajstić information content (AvgIpc) is 2.36. The van der Waals surface area contributed by atoms with E-state index in [1.165, 1.54) is 6.07 Å². The Morgan fingerprint density at radius 3 is 2.19 bits per heavy atom. The molecule has 0 fully saturated rings. The number of alkyl halides is 3. The van der Waals surface area contributed by atoms with Gasteiger partial charge in [-0.1, -0.05) is 20.8 Å². The molecule has 0 aromatic heterocycles. The van der Waals surface area contributed by atoms with Crippen LogP contribution in [-0.4, -0.2) is 17.9 Å². The van der Waals surface area contributed by atoms with Crippen molar-refractivity contribution >= 4 is 17.4 Å². The summed E-state index contributed by atoms with van der Waals surface area (Å²) in [5.74, 6) is -2.65. The van der Waals surface area contributed by atoms with Gasteiger partial charge in [-0.25, -0.2) is 0 Å². The first-order valence-corrected chi connectivity index (χ1v) is 5.94. The Balaban J connectivity index is 3.31. The number of benzene rings is 1. The summed E-state index contributed by atoms with van der Waals surface area (Å²) in [6.45, 7) is 4.74. The molecular weight excluding hydrogens is 285 g/mol. The van der Waals surface area contributed by atoms with Crippen molar-refractivity contribution in [2.24, 2.45) is 5.41 Å². The minimum Gasteiger partial charge on any atom is -0.325 e. The fourth-order valence-corrected chi connectivity index (χ4v) is 1.37. The lowest BCUT2D eigenvalue weighted by Gasteiger charge is -2.19. The van der Waals surface area contributed by atoms with E-state index in [4.69, 9.17) is 5.26 Å². The van der Waals surface area contributed by atoms with E-state index in [9.17, 15) is 22.8 Å². The maximum atomic E-state index is 12.6. The molecule has 0 aliphatic heterocycles. The summed E-state index contributed by atoms with van der Waals surface area (Å²) < 4.78 is 37.7. The molecule has 0 unspecified atom stereocenters. The molecule has 1 N–H and O–H groups in total. The van der Waals surface area contributed by atoms with E-state index >= 15 is 0 Å². The zero-order chi connectivity index (χ0) is 16.4. The van der Waals surface area contributed by atoms with Gasteiger partial charge in [0.15, 0.2) is 0 Å². The zero-order valence-corrected chi connectivity index (χ0v) is 11.6. The molecule has 0 aliphatic rings. The summed E-state index contributed by atoms with van der Waals surface area (Å²) in [5, 5.41) is 11.0. The van der Waals surface area contributed by atoms with E-state index in [0.29, 0.717) is 0 Å². The number of Topliss-reactive ketones (excluding diaryl/α,β-unsaturated/α-hetero) is 1. The Kier molecular flexibility index (Phi) is 4.42. The molecular formula is C14H13F3N2O2. The van der Waals surface area contributed by atoms with Crippen LogP contribution < -0.4 is 5.32 Å². The molecule has 0 radical (unpaired) electrons. The average molecular weight is 298 g/mol. The third-order valence-corrected chi connectivity index (χ3v) is 2.58. The molecule has 1 aromatic rings. The summed E-state index contributed by atoms with van der Waals surface area (Å²) in [4.78, 5) is 23.2. The van der Waals surface area contributed by atoms with Gasteiger partial charge in [0.25, 0.3) is 5.78 Å². The predicted molar refractivity (Wildman–Crippen MR) is 69.6 cm³/mol. The van der Waals surface area contributed by atoms with Crippen molar-refractivity contribution in [2.75, 3.05) is 5.32 Å². The molecule has 0 aliphatic carbocycles. The molecule has 0 saturated heterocycles. The number of hydrogen-bond acceptors (Lipinski definition) is 3. The van der Waals surface area contributed by atoms with Crippen LogP contribution in [0.5, 0.6) is 0 Å². The summed E-state index contributed by atoms with van der Waals surface area (Å²) in [6, 6.07) is 4.81. The summed E-state index contributed by atoms with van der Waals surface area (Å²) in [5.41, 5.74) is -1.96. The normalized spacial score (nSPS) is 11.7. The first kappa shape index (κ1) is 16.7. The highest BCUT2D eigenvalue weighted by Gasteiger charge is 2.41. The summed E-state index contributed by atoms with van der Waals surface area (Å²) in [7, 11) is 0. The van der Waals surface area contributed by atoms with E-state index < -0.39 is 28.8 Å². The smallest absolute Gasteiger partial charge is 0.325 e. The Hall–Kier alpha value is -2.36. The van der Waals surface area contributed by atoms with Gasteiger partial charge in [0.1, 0.15) is 0 Å². The van der Waals surface area contributed by atoms with Crippen LogP contribution in [0.2, 0.25) is 0 Å². The van der Waals surface area contributed by atoms with Crippen molar-refractivity contribution in [3.05, 3.63) is 29.3 Å². The number of ketones is 1. The number of nitrogens with zero attached hydrogens (tertiary/aromatic N) is 1. The van der Waals surface area contributed by atoms with Crippen molar-refractivity contribution in [3.63, 3.8) is 0 Å². The highest BCUT2D eigenvalue weighted by atomic mass is 19.4. The standard InChI is InChI=1S/C14H13F3N2O2/c1-13(2,3)12(21)19-10-5-4-8(7-18)6-9(10)11(20)14(15,16)17/h4-6H,1-3H3,(H,19,21). The van der Waals surface area contributed by atoms with Crippen molar-refractivity contribution in [3.8, 4) is 6.07 Å². The largest absolute Gasteiger partial charge is 0.454 e. The molecule has 0 atom stereocenters. The number of halogens is 3. The van der Waals surface area contributed by atoms with E-state index in [0.717, 1.165) is 12.1 Å². The number of carbonyl (C=O) groups is 2. The molecule has 0 saturated carbocycles. The second kappa shape index (κ2) is 5.56. The lowest BCUT2D eigenvalue weighted by molar-refractivity contribution is -0.123. The number of anilines is 1. The lowest BCUT2D eigenvalue weighted by Crippen LogP contribution is -2.30. The highest BCUT2D eigenvalue weighted by molar-refractivity contribution is 6.08. The summed E-state index contributed by atoms with van der Waals surface area (Å²) in [6.07, 6.45) is -5.09. The van der Waals surface area contributed by atoms with Gasteiger partial charge in [0.05, 0.1) is 22.9 Å². The van der Waals surface area contributed by atoms with Gasteiger partial charge < -0.3 is 5.32 Å². The molecule has 4 nitrogen and oxygen atoms in total. The molecule has 0 bridgehead atoms. The Labute approximate surface area is 119 Å². The highest BCUT2D eigenvalue weighted by Crippen LogP contribution is 2.28.